The molecule has 1 atom stereocenters. The number of ether oxygens (including phenoxy) is 2. The number of carbonyl (C=O) groups excluding carboxylic acids is 1. The number of hydrogen-bond acceptors (Lipinski definition) is 4. The fraction of sp³-hybridized carbons (Fsp3) is 0.500. The molecule has 1 heterocycles. The van der Waals surface area contributed by atoms with Crippen molar-refractivity contribution in [2.45, 2.75) is 19.4 Å². The molecular formula is C12H17FN2O3. The van der Waals surface area contributed by atoms with Gasteiger partial charge in [0, 0.05) is 20.3 Å². The van der Waals surface area contributed by atoms with Crippen molar-refractivity contribution in [2.24, 2.45) is 0 Å². The monoisotopic (exact) mass is 256 g/mol. The van der Waals surface area contributed by atoms with E-state index in [1.807, 2.05) is 0 Å². The Morgan fingerprint density at radius 2 is 2.33 bits per heavy atom. The van der Waals surface area contributed by atoms with Gasteiger partial charge in [-0.25, -0.2) is 4.98 Å². The van der Waals surface area contributed by atoms with Crippen molar-refractivity contribution in [1.29, 1.82) is 0 Å². The Hall–Kier alpha value is -1.69. The van der Waals surface area contributed by atoms with Crippen LogP contribution < -0.4 is 10.1 Å². The van der Waals surface area contributed by atoms with Crippen molar-refractivity contribution in [3.05, 3.63) is 24.3 Å². The molecule has 0 saturated carbocycles. The van der Waals surface area contributed by atoms with Crippen molar-refractivity contribution in [3.63, 3.8) is 0 Å². The molecule has 1 aromatic heterocycles. The molecule has 5 nitrogen and oxygen atoms in total. The third-order valence-corrected chi connectivity index (χ3v) is 2.21. The predicted octanol–water partition coefficient (Wildman–Crippen LogP) is 1.14. The molecule has 0 aromatic carbocycles. The first-order valence-electron chi connectivity index (χ1n) is 5.68. The molecule has 1 unspecified atom stereocenters. The number of hydrogen-bond donors (Lipinski definition) is 1. The first kappa shape index (κ1) is 14.4. The van der Waals surface area contributed by atoms with Crippen LogP contribution in [0.1, 0.15) is 13.3 Å². The average Bonchev–Trinajstić information content (AvgIpc) is 2.37. The first-order chi connectivity index (χ1) is 8.63. The van der Waals surface area contributed by atoms with Crippen LogP contribution in [0.5, 0.6) is 5.75 Å². The molecule has 0 fully saturated rings. The standard InChI is InChI=1S/C12H17FN2O3/c1-9(12(16)14-6-3-7-17-2)18-10-4-5-11(13)15-8-10/h4-5,8-9H,3,6-7H2,1-2H3,(H,14,16). The van der Waals surface area contributed by atoms with Gasteiger partial charge in [-0.05, 0) is 25.5 Å². The number of pyridine rings is 1. The Kier molecular flexibility index (Phi) is 6.07. The zero-order chi connectivity index (χ0) is 13.4. The lowest BCUT2D eigenvalue weighted by Gasteiger charge is -2.14. The third kappa shape index (κ3) is 5.09. The summed E-state index contributed by atoms with van der Waals surface area (Å²) in [6.07, 6.45) is 1.33. The summed E-state index contributed by atoms with van der Waals surface area (Å²) in [5.74, 6) is -0.453. The number of aromatic nitrogens is 1. The Balaban J connectivity index is 2.33. The van der Waals surface area contributed by atoms with Crippen LogP contribution in [-0.2, 0) is 9.53 Å². The van der Waals surface area contributed by atoms with Crippen molar-refractivity contribution >= 4 is 5.91 Å². The highest BCUT2D eigenvalue weighted by molar-refractivity contribution is 5.80. The molecule has 0 saturated heterocycles. The molecule has 1 rings (SSSR count). The van der Waals surface area contributed by atoms with Gasteiger partial charge in [0.2, 0.25) is 5.95 Å². The topological polar surface area (TPSA) is 60.5 Å². The molecule has 6 heteroatoms. The summed E-state index contributed by atoms with van der Waals surface area (Å²) in [6.45, 7) is 2.74. The second-order valence-electron chi connectivity index (χ2n) is 3.71. The molecule has 1 amide bonds. The molecular weight excluding hydrogens is 239 g/mol. The number of halogens is 1. The van der Waals surface area contributed by atoms with Crippen LogP contribution >= 0.6 is 0 Å². The zero-order valence-electron chi connectivity index (χ0n) is 10.5. The number of amides is 1. The van der Waals surface area contributed by atoms with Crippen LogP contribution in [0, 0.1) is 5.95 Å². The lowest BCUT2D eigenvalue weighted by Crippen LogP contribution is -2.37. The van der Waals surface area contributed by atoms with Gasteiger partial charge in [-0.3, -0.25) is 4.79 Å². The van der Waals surface area contributed by atoms with Crippen LogP contribution in [-0.4, -0.2) is 37.3 Å². The van der Waals surface area contributed by atoms with Crippen LogP contribution in [0.15, 0.2) is 18.3 Å². The number of carbonyl (C=O) groups is 1. The quantitative estimate of drug-likeness (QED) is 0.587. The fourth-order valence-corrected chi connectivity index (χ4v) is 1.26. The molecule has 0 spiro atoms. The summed E-state index contributed by atoms with van der Waals surface area (Å²) in [4.78, 5) is 15.0. The number of rotatable bonds is 7. The maximum atomic E-state index is 12.6. The molecule has 0 radical (unpaired) electrons. The van der Waals surface area contributed by atoms with E-state index >= 15 is 0 Å². The highest BCUT2D eigenvalue weighted by atomic mass is 19.1. The molecule has 1 N–H and O–H groups in total. The SMILES string of the molecule is COCCCNC(=O)C(C)Oc1ccc(F)nc1. The van der Waals surface area contributed by atoms with Gasteiger partial charge in [0.25, 0.3) is 5.91 Å². The number of methoxy groups -OCH3 is 1. The van der Waals surface area contributed by atoms with Crippen molar-refractivity contribution < 1.29 is 18.7 Å². The lowest BCUT2D eigenvalue weighted by atomic mass is 10.3. The van der Waals surface area contributed by atoms with Crippen molar-refractivity contribution in [1.82, 2.24) is 10.3 Å². The van der Waals surface area contributed by atoms with Gasteiger partial charge in [0.05, 0.1) is 6.20 Å². The maximum Gasteiger partial charge on any atom is 0.260 e. The summed E-state index contributed by atoms with van der Waals surface area (Å²) >= 11 is 0. The molecule has 1 aromatic rings. The molecule has 0 bridgehead atoms. The second kappa shape index (κ2) is 7.60. The van der Waals surface area contributed by atoms with Gasteiger partial charge in [-0.15, -0.1) is 0 Å². The summed E-state index contributed by atoms with van der Waals surface area (Å²) < 4.78 is 22.7. The molecule has 0 aliphatic carbocycles. The number of nitrogens with one attached hydrogen (secondary N) is 1. The smallest absolute Gasteiger partial charge is 0.260 e. The van der Waals surface area contributed by atoms with E-state index in [4.69, 9.17) is 9.47 Å². The minimum absolute atomic E-state index is 0.226. The Morgan fingerprint density at radius 1 is 1.56 bits per heavy atom. The average molecular weight is 256 g/mol. The highest BCUT2D eigenvalue weighted by Gasteiger charge is 2.13. The van der Waals surface area contributed by atoms with E-state index in [1.54, 1.807) is 14.0 Å². The van der Waals surface area contributed by atoms with Crippen LogP contribution in [0.4, 0.5) is 4.39 Å². The normalized spacial score (nSPS) is 11.9. The van der Waals surface area contributed by atoms with Gasteiger partial charge < -0.3 is 14.8 Å². The van der Waals surface area contributed by atoms with E-state index in [0.717, 1.165) is 6.42 Å². The lowest BCUT2D eigenvalue weighted by molar-refractivity contribution is -0.127. The zero-order valence-corrected chi connectivity index (χ0v) is 10.5. The van der Waals surface area contributed by atoms with Gasteiger partial charge >= 0.3 is 0 Å². The van der Waals surface area contributed by atoms with E-state index in [9.17, 15) is 9.18 Å². The van der Waals surface area contributed by atoms with E-state index in [2.05, 4.69) is 10.3 Å². The van der Waals surface area contributed by atoms with Gasteiger partial charge in [-0.1, -0.05) is 0 Å². The molecule has 100 valence electrons. The minimum Gasteiger partial charge on any atom is -0.479 e. The number of nitrogens with zero attached hydrogens (tertiary/aromatic N) is 1. The third-order valence-electron chi connectivity index (χ3n) is 2.21. The van der Waals surface area contributed by atoms with Crippen LogP contribution in [0.25, 0.3) is 0 Å². The summed E-state index contributed by atoms with van der Waals surface area (Å²) in [7, 11) is 1.61. The highest BCUT2D eigenvalue weighted by Crippen LogP contribution is 2.10. The van der Waals surface area contributed by atoms with Gasteiger partial charge in [-0.2, -0.15) is 4.39 Å². The van der Waals surface area contributed by atoms with E-state index in [0.29, 0.717) is 18.9 Å². The first-order valence-corrected chi connectivity index (χ1v) is 5.68. The summed E-state index contributed by atoms with van der Waals surface area (Å²) in [6, 6.07) is 2.61. The van der Waals surface area contributed by atoms with Crippen LogP contribution in [0.3, 0.4) is 0 Å². The van der Waals surface area contributed by atoms with Crippen LogP contribution in [0.2, 0.25) is 0 Å². The minimum atomic E-state index is -0.653. The maximum absolute atomic E-state index is 12.6. The van der Waals surface area contributed by atoms with Gasteiger partial charge in [0.1, 0.15) is 5.75 Å². The summed E-state index contributed by atoms with van der Waals surface area (Å²) in [5.41, 5.74) is 0. The van der Waals surface area contributed by atoms with E-state index < -0.39 is 12.1 Å². The van der Waals surface area contributed by atoms with E-state index in [-0.39, 0.29) is 5.91 Å². The largest absolute Gasteiger partial charge is 0.479 e. The molecule has 0 aliphatic heterocycles. The van der Waals surface area contributed by atoms with Crippen molar-refractivity contribution in [2.75, 3.05) is 20.3 Å². The Labute approximate surface area is 105 Å². The second-order valence-corrected chi connectivity index (χ2v) is 3.71. The molecule has 0 aliphatic rings. The summed E-state index contributed by atoms with van der Waals surface area (Å²) in [5, 5.41) is 2.71. The van der Waals surface area contributed by atoms with E-state index in [1.165, 1.54) is 18.3 Å². The Bertz CT molecular complexity index is 370. The molecule has 18 heavy (non-hydrogen) atoms. The van der Waals surface area contributed by atoms with Crippen molar-refractivity contribution in [3.8, 4) is 5.75 Å². The van der Waals surface area contributed by atoms with Gasteiger partial charge in [0.15, 0.2) is 6.10 Å². The predicted molar refractivity (Wildman–Crippen MR) is 63.8 cm³/mol. The fourth-order valence-electron chi connectivity index (χ4n) is 1.26. The Morgan fingerprint density at radius 3 is 2.94 bits per heavy atom.